The molecule has 0 bridgehead atoms. The van der Waals surface area contributed by atoms with Gasteiger partial charge in [0.2, 0.25) is 0 Å². The molecule has 158 valence electrons. The summed E-state index contributed by atoms with van der Waals surface area (Å²) >= 11 is 0. The molecule has 0 aromatic heterocycles. The summed E-state index contributed by atoms with van der Waals surface area (Å²) in [5, 5.41) is 3.47. The number of aliphatic imine (C=N–C) groups is 1. The van der Waals surface area contributed by atoms with Crippen LogP contribution in [0.25, 0.3) is 0 Å². The molecule has 28 heavy (non-hydrogen) atoms. The summed E-state index contributed by atoms with van der Waals surface area (Å²) in [5.41, 5.74) is 1.82. The average Bonchev–Trinajstić information content (AvgIpc) is 3.30. The van der Waals surface area contributed by atoms with Gasteiger partial charge in [0, 0.05) is 45.3 Å². The molecular formula is C21H35FIN5. The van der Waals surface area contributed by atoms with E-state index in [4.69, 9.17) is 0 Å². The number of benzene rings is 1. The number of nitrogens with one attached hydrogen (secondary N) is 1. The number of nitrogens with zero attached hydrogens (tertiary/aromatic N) is 4. The normalized spacial score (nSPS) is 20.7. The monoisotopic (exact) mass is 503 g/mol. The first kappa shape index (κ1) is 23.3. The topological polar surface area (TPSA) is 34.1 Å². The van der Waals surface area contributed by atoms with Crippen LogP contribution in [-0.4, -0.2) is 74.5 Å². The fourth-order valence-corrected chi connectivity index (χ4v) is 4.22. The molecule has 0 amide bonds. The van der Waals surface area contributed by atoms with Gasteiger partial charge in [0.25, 0.3) is 0 Å². The maximum atomic E-state index is 14.0. The molecule has 2 saturated heterocycles. The van der Waals surface area contributed by atoms with Gasteiger partial charge in [-0.2, -0.15) is 0 Å². The van der Waals surface area contributed by atoms with Gasteiger partial charge in [-0.05, 0) is 70.1 Å². The van der Waals surface area contributed by atoms with E-state index < -0.39 is 0 Å². The fraction of sp³-hybridized carbons (Fsp3) is 0.667. The predicted octanol–water partition coefficient (Wildman–Crippen LogP) is 3.00. The molecule has 1 atom stereocenters. The van der Waals surface area contributed by atoms with Crippen LogP contribution in [-0.2, 0) is 13.1 Å². The van der Waals surface area contributed by atoms with Gasteiger partial charge >= 0.3 is 0 Å². The van der Waals surface area contributed by atoms with Gasteiger partial charge in [-0.3, -0.25) is 4.99 Å². The Balaban J connectivity index is 0.00000280. The second kappa shape index (κ2) is 11.3. The second-order valence-electron chi connectivity index (χ2n) is 8.17. The minimum absolute atomic E-state index is 0. The van der Waals surface area contributed by atoms with Crippen molar-refractivity contribution < 1.29 is 4.39 Å². The molecule has 1 aromatic carbocycles. The van der Waals surface area contributed by atoms with Crippen LogP contribution < -0.4 is 5.32 Å². The van der Waals surface area contributed by atoms with Crippen LogP contribution in [0, 0.1) is 11.7 Å². The molecule has 5 nitrogen and oxygen atoms in total. The summed E-state index contributed by atoms with van der Waals surface area (Å²) in [5.74, 6) is 1.55. The first-order valence-electron chi connectivity index (χ1n) is 10.1. The van der Waals surface area contributed by atoms with Crippen LogP contribution in [0.5, 0.6) is 0 Å². The fourth-order valence-electron chi connectivity index (χ4n) is 4.22. The van der Waals surface area contributed by atoms with E-state index >= 15 is 0 Å². The predicted molar refractivity (Wildman–Crippen MR) is 125 cm³/mol. The van der Waals surface area contributed by atoms with Gasteiger partial charge < -0.3 is 20.0 Å². The van der Waals surface area contributed by atoms with Gasteiger partial charge in [0.05, 0.1) is 0 Å². The van der Waals surface area contributed by atoms with Crippen molar-refractivity contribution in [1.82, 2.24) is 20.0 Å². The molecule has 1 unspecified atom stereocenters. The highest BCUT2D eigenvalue weighted by Crippen LogP contribution is 2.20. The maximum Gasteiger partial charge on any atom is 0.193 e. The first-order chi connectivity index (χ1) is 13.0. The summed E-state index contributed by atoms with van der Waals surface area (Å²) in [6.45, 7) is 7.17. The zero-order valence-corrected chi connectivity index (χ0v) is 19.8. The molecule has 2 aliphatic heterocycles. The zero-order chi connectivity index (χ0) is 19.2. The van der Waals surface area contributed by atoms with Gasteiger partial charge in [0.15, 0.2) is 5.96 Å². The van der Waals surface area contributed by atoms with E-state index in [1.807, 2.05) is 38.2 Å². The molecule has 0 radical (unpaired) electrons. The maximum absolute atomic E-state index is 14.0. The Labute approximate surface area is 186 Å². The lowest BCUT2D eigenvalue weighted by Crippen LogP contribution is -2.40. The molecule has 3 rings (SSSR count). The van der Waals surface area contributed by atoms with Crippen LogP contribution in [0.1, 0.15) is 30.4 Å². The van der Waals surface area contributed by atoms with E-state index in [0.717, 1.165) is 36.1 Å². The zero-order valence-electron chi connectivity index (χ0n) is 17.5. The number of hydrogen-bond donors (Lipinski definition) is 1. The van der Waals surface area contributed by atoms with Crippen molar-refractivity contribution in [2.24, 2.45) is 10.9 Å². The third-order valence-electron chi connectivity index (χ3n) is 5.56. The van der Waals surface area contributed by atoms with Crippen molar-refractivity contribution in [3.8, 4) is 0 Å². The number of halogens is 2. The third-order valence-corrected chi connectivity index (χ3v) is 5.56. The quantitative estimate of drug-likeness (QED) is 0.368. The standard InChI is InChI=1S/C21H34FN5.HI/c1-23-21(27-11-8-18(15-27)14-26-9-4-5-10-26)24-13-17-6-7-20(22)19(12-17)16-25(2)3;/h6-7,12,18H,4-5,8-11,13-16H2,1-3H3,(H,23,24);1H. The molecule has 0 spiro atoms. The van der Waals surface area contributed by atoms with Crippen molar-refractivity contribution in [3.63, 3.8) is 0 Å². The Hall–Kier alpha value is -0.930. The van der Waals surface area contributed by atoms with Crippen molar-refractivity contribution in [2.75, 3.05) is 53.9 Å². The first-order valence-corrected chi connectivity index (χ1v) is 10.1. The third kappa shape index (κ3) is 6.56. The molecule has 0 saturated carbocycles. The Kier molecular flexibility index (Phi) is 9.43. The summed E-state index contributed by atoms with van der Waals surface area (Å²) in [7, 11) is 5.76. The minimum Gasteiger partial charge on any atom is -0.352 e. The van der Waals surface area contributed by atoms with Gasteiger partial charge in [-0.1, -0.05) is 6.07 Å². The molecular weight excluding hydrogens is 468 g/mol. The number of rotatable bonds is 6. The van der Waals surface area contributed by atoms with E-state index in [-0.39, 0.29) is 29.8 Å². The number of likely N-dealkylation sites (tertiary alicyclic amines) is 2. The van der Waals surface area contributed by atoms with Gasteiger partial charge in [-0.15, -0.1) is 24.0 Å². The molecule has 2 aliphatic rings. The van der Waals surface area contributed by atoms with E-state index in [2.05, 4.69) is 20.1 Å². The highest BCUT2D eigenvalue weighted by Gasteiger charge is 2.27. The van der Waals surface area contributed by atoms with Crippen LogP contribution in [0.4, 0.5) is 4.39 Å². The van der Waals surface area contributed by atoms with Crippen LogP contribution in [0.15, 0.2) is 23.2 Å². The number of hydrogen-bond acceptors (Lipinski definition) is 3. The van der Waals surface area contributed by atoms with E-state index in [1.54, 1.807) is 6.07 Å². The van der Waals surface area contributed by atoms with Gasteiger partial charge in [0.1, 0.15) is 5.82 Å². The lowest BCUT2D eigenvalue weighted by molar-refractivity contribution is 0.281. The smallest absolute Gasteiger partial charge is 0.193 e. The summed E-state index contributed by atoms with van der Waals surface area (Å²) in [6, 6.07) is 5.38. The molecule has 0 aliphatic carbocycles. The van der Waals surface area contributed by atoms with E-state index in [0.29, 0.717) is 13.1 Å². The van der Waals surface area contributed by atoms with Gasteiger partial charge in [-0.25, -0.2) is 4.39 Å². The van der Waals surface area contributed by atoms with Crippen molar-refractivity contribution in [2.45, 2.75) is 32.4 Å². The lowest BCUT2D eigenvalue weighted by atomic mass is 10.1. The number of guanidine groups is 1. The largest absolute Gasteiger partial charge is 0.352 e. The summed E-state index contributed by atoms with van der Waals surface area (Å²) in [6.07, 6.45) is 3.95. The Morgan fingerprint density at radius 1 is 1.25 bits per heavy atom. The second-order valence-corrected chi connectivity index (χ2v) is 8.17. The van der Waals surface area contributed by atoms with Crippen LogP contribution in [0.2, 0.25) is 0 Å². The Bertz CT molecular complexity index is 646. The van der Waals surface area contributed by atoms with Crippen molar-refractivity contribution in [3.05, 3.63) is 35.1 Å². The Morgan fingerprint density at radius 3 is 2.68 bits per heavy atom. The lowest BCUT2D eigenvalue weighted by Gasteiger charge is -2.23. The highest BCUT2D eigenvalue weighted by atomic mass is 127. The molecule has 7 heteroatoms. The highest BCUT2D eigenvalue weighted by molar-refractivity contribution is 14.0. The summed E-state index contributed by atoms with van der Waals surface area (Å²) < 4.78 is 14.0. The average molecular weight is 503 g/mol. The van der Waals surface area contributed by atoms with E-state index in [1.165, 1.54) is 38.9 Å². The molecule has 2 fully saturated rings. The van der Waals surface area contributed by atoms with Crippen molar-refractivity contribution in [1.29, 1.82) is 0 Å². The molecule has 2 heterocycles. The minimum atomic E-state index is -0.138. The molecule has 1 aromatic rings. The van der Waals surface area contributed by atoms with Crippen molar-refractivity contribution >= 4 is 29.9 Å². The Morgan fingerprint density at radius 2 is 2.00 bits per heavy atom. The molecule has 1 N–H and O–H groups in total. The van der Waals surface area contributed by atoms with Crippen LogP contribution in [0.3, 0.4) is 0 Å². The summed E-state index contributed by atoms with van der Waals surface area (Å²) in [4.78, 5) is 11.4. The van der Waals surface area contributed by atoms with E-state index in [9.17, 15) is 4.39 Å². The van der Waals surface area contributed by atoms with Crippen LogP contribution >= 0.6 is 24.0 Å². The SMILES string of the molecule is CN=C(NCc1ccc(F)c(CN(C)C)c1)N1CCC(CN2CCCC2)C1.I.